The molecule has 25 heavy (non-hydrogen) atoms. The zero-order valence-corrected chi connectivity index (χ0v) is 13.9. The molecule has 8 heteroatoms. The zero-order valence-electron chi connectivity index (χ0n) is 13.9. The van der Waals surface area contributed by atoms with Crippen LogP contribution in [-0.2, 0) is 20.5 Å². The van der Waals surface area contributed by atoms with Gasteiger partial charge in [-0.3, -0.25) is 4.79 Å². The second-order valence-corrected chi connectivity index (χ2v) is 5.75. The highest BCUT2D eigenvalue weighted by molar-refractivity contribution is 5.93. The Balaban J connectivity index is 3.14. The number of rotatable bonds is 6. The molecule has 5 nitrogen and oxygen atoms in total. The molecule has 0 aliphatic carbocycles. The maximum Gasteiger partial charge on any atom is 0.416 e. The molecule has 0 unspecified atom stereocenters. The van der Waals surface area contributed by atoms with Crippen LogP contribution >= 0.6 is 0 Å². The van der Waals surface area contributed by atoms with E-state index in [1.165, 1.54) is 13.8 Å². The molecule has 0 saturated carbocycles. The number of hydrogen-bond acceptors (Lipinski definition) is 5. The number of ether oxygens (including phenoxy) is 1. The highest BCUT2D eigenvalue weighted by atomic mass is 19.4. The molecule has 0 bridgehead atoms. The Hall–Kier alpha value is -2.19. The van der Waals surface area contributed by atoms with Crippen molar-refractivity contribution in [3.05, 3.63) is 41.5 Å². The number of carbonyl (C=O) groups is 2. The molecule has 0 saturated heterocycles. The Morgan fingerprint density at radius 3 is 2.08 bits per heavy atom. The van der Waals surface area contributed by atoms with Gasteiger partial charge in [-0.15, -0.1) is 0 Å². The van der Waals surface area contributed by atoms with Crippen molar-refractivity contribution < 1.29 is 37.7 Å². The van der Waals surface area contributed by atoms with Crippen molar-refractivity contribution in [2.24, 2.45) is 0 Å². The third-order valence-corrected chi connectivity index (χ3v) is 3.24. The van der Waals surface area contributed by atoms with E-state index in [2.05, 4.69) is 0 Å². The molecular weight excluding hydrogens is 341 g/mol. The van der Waals surface area contributed by atoms with Gasteiger partial charge in [-0.2, -0.15) is 13.2 Å². The number of halogens is 3. The zero-order chi connectivity index (χ0) is 19.4. The first-order chi connectivity index (χ1) is 11.4. The Kier molecular flexibility index (Phi) is 6.50. The Morgan fingerprint density at radius 1 is 1.16 bits per heavy atom. The third-order valence-electron chi connectivity index (χ3n) is 3.24. The van der Waals surface area contributed by atoms with Crippen LogP contribution in [0.5, 0.6) is 0 Å². The largest absolute Gasteiger partial charge is 0.461 e. The molecular formula is C17H19F3O5. The summed E-state index contributed by atoms with van der Waals surface area (Å²) in [5.74, 6) is -2.12. The molecule has 1 aromatic carbocycles. The predicted octanol–water partition coefficient (Wildman–Crippen LogP) is 2.35. The molecule has 0 fully saturated rings. The fourth-order valence-corrected chi connectivity index (χ4v) is 1.90. The van der Waals surface area contributed by atoms with E-state index in [0.29, 0.717) is 0 Å². The molecule has 0 heterocycles. The standard InChI is InChI=1S/C17H19F3O5/c1-10(2)25-15(23)16(24,14(22)11(3)21)9-8-12-4-6-13(7-5-12)17(18,19)20/h4-10,14,22,24H,1-3H3/b9-8+/t14-,16+/m0/s1. The third kappa shape index (κ3) is 5.40. The van der Waals surface area contributed by atoms with Crippen LogP contribution in [0.2, 0.25) is 0 Å². The lowest BCUT2D eigenvalue weighted by atomic mass is 9.92. The highest BCUT2D eigenvalue weighted by Crippen LogP contribution is 2.29. The smallest absolute Gasteiger partial charge is 0.416 e. The number of hydrogen-bond donors (Lipinski definition) is 2. The summed E-state index contributed by atoms with van der Waals surface area (Å²) in [7, 11) is 0. The Labute approximate surface area is 142 Å². The summed E-state index contributed by atoms with van der Waals surface area (Å²) in [6.45, 7) is 4.00. The molecule has 0 radical (unpaired) electrons. The van der Waals surface area contributed by atoms with Gasteiger partial charge in [0.15, 0.2) is 11.9 Å². The van der Waals surface area contributed by atoms with Gasteiger partial charge in [0.05, 0.1) is 11.7 Å². The maximum absolute atomic E-state index is 12.5. The van der Waals surface area contributed by atoms with Gasteiger partial charge in [0.25, 0.3) is 0 Å². The molecule has 1 aromatic rings. The summed E-state index contributed by atoms with van der Waals surface area (Å²) in [4.78, 5) is 23.4. The van der Waals surface area contributed by atoms with E-state index in [9.17, 15) is 33.0 Å². The molecule has 2 N–H and O–H groups in total. The van der Waals surface area contributed by atoms with Crippen LogP contribution in [0.3, 0.4) is 0 Å². The Morgan fingerprint density at radius 2 is 1.68 bits per heavy atom. The van der Waals surface area contributed by atoms with Gasteiger partial charge in [-0.05, 0) is 44.5 Å². The predicted molar refractivity (Wildman–Crippen MR) is 83.3 cm³/mol. The number of alkyl halides is 3. The van der Waals surface area contributed by atoms with E-state index < -0.39 is 41.3 Å². The van der Waals surface area contributed by atoms with Crippen LogP contribution in [0.15, 0.2) is 30.3 Å². The van der Waals surface area contributed by atoms with Crippen molar-refractivity contribution in [1.29, 1.82) is 0 Å². The number of aliphatic hydroxyl groups excluding tert-OH is 1. The van der Waals surface area contributed by atoms with Crippen LogP contribution in [-0.4, -0.2) is 39.8 Å². The molecule has 138 valence electrons. The van der Waals surface area contributed by atoms with Crippen LogP contribution in [0.25, 0.3) is 6.08 Å². The number of Topliss-reactive ketones (excluding diaryl/α,β-unsaturated/α-hetero) is 1. The summed E-state index contributed by atoms with van der Waals surface area (Å²) in [6.07, 6.45) is -5.24. The van der Waals surface area contributed by atoms with Gasteiger partial charge in [-0.1, -0.05) is 18.2 Å². The summed E-state index contributed by atoms with van der Waals surface area (Å²) < 4.78 is 42.4. The molecule has 1 rings (SSSR count). The second-order valence-electron chi connectivity index (χ2n) is 5.75. The maximum atomic E-state index is 12.5. The molecule has 0 aromatic heterocycles. The number of esters is 1. The fourth-order valence-electron chi connectivity index (χ4n) is 1.90. The molecule has 0 amide bonds. The molecule has 2 atom stereocenters. The topological polar surface area (TPSA) is 83.8 Å². The summed E-state index contributed by atoms with van der Waals surface area (Å²) in [5.41, 5.74) is -3.29. The second kappa shape index (κ2) is 7.79. The van der Waals surface area contributed by atoms with Crippen LogP contribution in [0, 0.1) is 0 Å². The van der Waals surface area contributed by atoms with Gasteiger partial charge >= 0.3 is 12.1 Å². The molecule has 0 aliphatic heterocycles. The van der Waals surface area contributed by atoms with Crippen molar-refractivity contribution in [3.63, 3.8) is 0 Å². The highest BCUT2D eigenvalue weighted by Gasteiger charge is 2.45. The van der Waals surface area contributed by atoms with Crippen LogP contribution < -0.4 is 0 Å². The van der Waals surface area contributed by atoms with Crippen LogP contribution in [0.1, 0.15) is 31.9 Å². The van der Waals surface area contributed by atoms with Crippen LogP contribution in [0.4, 0.5) is 13.2 Å². The number of aliphatic hydroxyl groups is 2. The lowest BCUT2D eigenvalue weighted by Gasteiger charge is -2.27. The van der Waals surface area contributed by atoms with E-state index in [-0.39, 0.29) is 5.56 Å². The van der Waals surface area contributed by atoms with Gasteiger partial charge in [0, 0.05) is 0 Å². The summed E-state index contributed by atoms with van der Waals surface area (Å²) >= 11 is 0. The van der Waals surface area contributed by atoms with E-state index in [1.807, 2.05) is 0 Å². The molecule has 0 aliphatic rings. The van der Waals surface area contributed by atoms with Gasteiger partial charge in [0.1, 0.15) is 0 Å². The Bertz CT molecular complexity index is 649. The minimum atomic E-state index is -4.49. The number of benzene rings is 1. The van der Waals surface area contributed by atoms with Crippen molar-refractivity contribution in [2.75, 3.05) is 0 Å². The minimum absolute atomic E-state index is 0.222. The first kappa shape index (κ1) is 20.9. The van der Waals surface area contributed by atoms with Crippen molar-refractivity contribution in [2.45, 2.75) is 44.8 Å². The van der Waals surface area contributed by atoms with E-state index >= 15 is 0 Å². The summed E-state index contributed by atoms with van der Waals surface area (Å²) in [5, 5.41) is 20.3. The van der Waals surface area contributed by atoms with Gasteiger partial charge in [0.2, 0.25) is 5.60 Å². The monoisotopic (exact) mass is 360 g/mol. The average molecular weight is 360 g/mol. The van der Waals surface area contributed by atoms with E-state index in [4.69, 9.17) is 4.74 Å². The average Bonchev–Trinajstić information content (AvgIpc) is 2.50. The van der Waals surface area contributed by atoms with Gasteiger partial charge in [-0.25, -0.2) is 4.79 Å². The molecule has 0 spiro atoms. The normalized spacial score (nSPS) is 15.9. The van der Waals surface area contributed by atoms with Gasteiger partial charge < -0.3 is 14.9 Å². The number of carbonyl (C=O) groups excluding carboxylic acids is 2. The minimum Gasteiger partial charge on any atom is -0.461 e. The first-order valence-corrected chi connectivity index (χ1v) is 7.36. The van der Waals surface area contributed by atoms with E-state index in [1.54, 1.807) is 0 Å². The quantitative estimate of drug-likeness (QED) is 0.761. The first-order valence-electron chi connectivity index (χ1n) is 7.36. The van der Waals surface area contributed by atoms with Crippen molar-refractivity contribution in [1.82, 2.24) is 0 Å². The fraction of sp³-hybridized carbons (Fsp3) is 0.412. The van der Waals surface area contributed by atoms with E-state index in [0.717, 1.165) is 43.3 Å². The van der Waals surface area contributed by atoms with Crippen molar-refractivity contribution in [3.8, 4) is 0 Å². The summed E-state index contributed by atoms with van der Waals surface area (Å²) in [6, 6.07) is 3.89. The van der Waals surface area contributed by atoms with Crippen molar-refractivity contribution >= 4 is 17.8 Å². The lowest BCUT2D eigenvalue weighted by molar-refractivity contribution is -0.176. The number of ketones is 1. The lowest BCUT2D eigenvalue weighted by Crippen LogP contribution is -2.52. The SMILES string of the molecule is CC(=O)[C@H](O)[C@](O)(/C=C/c1ccc(C(F)(F)F)cc1)C(=O)OC(C)C.